The number of carboxylic acid groups (broad SMARTS) is 1. The van der Waals surface area contributed by atoms with Crippen molar-refractivity contribution in [3.05, 3.63) is 71.8 Å². The zero-order chi connectivity index (χ0) is 25.8. The van der Waals surface area contributed by atoms with Crippen LogP contribution < -0.4 is 10.1 Å². The van der Waals surface area contributed by atoms with E-state index in [4.69, 9.17) is 4.74 Å². The minimum Gasteiger partial charge on any atom is -0.497 e. The van der Waals surface area contributed by atoms with Crippen molar-refractivity contribution in [2.45, 2.75) is 44.6 Å². The first kappa shape index (κ1) is 23.0. The lowest BCUT2D eigenvalue weighted by Gasteiger charge is -2.24. The molecule has 1 aliphatic carbocycles. The van der Waals surface area contributed by atoms with Crippen molar-refractivity contribution in [1.82, 2.24) is 9.55 Å². The van der Waals surface area contributed by atoms with Crippen LogP contribution in [0.1, 0.15) is 53.9 Å². The van der Waals surface area contributed by atoms with Gasteiger partial charge in [-0.05, 0) is 84.5 Å². The van der Waals surface area contributed by atoms with Gasteiger partial charge in [-0.15, -0.1) is 0 Å². The van der Waals surface area contributed by atoms with Gasteiger partial charge in [-0.1, -0.05) is 25.3 Å². The van der Waals surface area contributed by atoms with Crippen LogP contribution in [0.25, 0.3) is 44.3 Å². The minimum atomic E-state index is -0.881. The predicted molar refractivity (Wildman–Crippen MR) is 152 cm³/mol. The molecule has 38 heavy (non-hydrogen) atoms. The summed E-state index contributed by atoms with van der Waals surface area (Å²) in [6, 6.07) is 20.5. The molecule has 3 N–H and O–H groups in total. The summed E-state index contributed by atoms with van der Waals surface area (Å²) >= 11 is 0. The van der Waals surface area contributed by atoms with Crippen molar-refractivity contribution < 1.29 is 14.6 Å². The second-order valence-electron chi connectivity index (χ2n) is 10.6. The largest absolute Gasteiger partial charge is 0.497 e. The number of nitrogens with zero attached hydrogens (tertiary/aromatic N) is 1. The summed E-state index contributed by atoms with van der Waals surface area (Å²) in [5.74, 6) is 0.448. The summed E-state index contributed by atoms with van der Waals surface area (Å²) in [6.07, 6.45) is 6.16. The third-order valence-electron chi connectivity index (χ3n) is 8.46. The highest BCUT2D eigenvalue weighted by Crippen LogP contribution is 2.48. The van der Waals surface area contributed by atoms with E-state index in [1.807, 2.05) is 24.3 Å². The Labute approximate surface area is 221 Å². The summed E-state index contributed by atoms with van der Waals surface area (Å²) in [6.45, 7) is 1.56. The number of rotatable bonds is 4. The van der Waals surface area contributed by atoms with Gasteiger partial charge in [0.25, 0.3) is 0 Å². The van der Waals surface area contributed by atoms with Crippen LogP contribution in [0.3, 0.4) is 0 Å². The number of anilines is 1. The number of fused-ring (bicyclic) bond motifs is 7. The van der Waals surface area contributed by atoms with Gasteiger partial charge < -0.3 is 24.7 Å². The molecule has 192 valence electrons. The van der Waals surface area contributed by atoms with E-state index in [2.05, 4.69) is 45.2 Å². The number of nitrogens with one attached hydrogen (secondary N) is 2. The summed E-state index contributed by atoms with van der Waals surface area (Å²) in [5, 5.41) is 15.8. The fourth-order valence-electron chi connectivity index (χ4n) is 6.65. The van der Waals surface area contributed by atoms with Crippen LogP contribution in [0.15, 0.2) is 60.7 Å². The van der Waals surface area contributed by atoms with E-state index in [1.54, 1.807) is 13.2 Å². The van der Waals surface area contributed by atoms with Crippen molar-refractivity contribution in [2.75, 3.05) is 19.0 Å². The Hall–Kier alpha value is -4.19. The predicted octanol–water partition coefficient (Wildman–Crippen LogP) is 7.64. The molecule has 6 nitrogen and oxygen atoms in total. The lowest BCUT2D eigenvalue weighted by atomic mass is 9.81. The summed E-state index contributed by atoms with van der Waals surface area (Å²) in [7, 11) is 1.68. The molecule has 3 heterocycles. The van der Waals surface area contributed by atoms with Gasteiger partial charge in [-0.2, -0.15) is 0 Å². The summed E-state index contributed by atoms with van der Waals surface area (Å²) in [5.41, 5.74) is 9.65. The standard InChI is InChI=1S/C32H31N3O3/c1-38-22-10-7-19(8-11-22)27-18-25-26(34-27)14-13-24-30(25)33-15-16-35-28-17-21(32(36)37)9-12-23(28)29(31(24)35)20-5-3-2-4-6-20/h7-14,17-18,20,33-34H,2-6,15-16H2,1H3,(H,36,37). The second-order valence-corrected chi connectivity index (χ2v) is 10.6. The van der Waals surface area contributed by atoms with E-state index in [0.717, 1.165) is 46.8 Å². The van der Waals surface area contributed by atoms with Gasteiger partial charge in [-0.3, -0.25) is 0 Å². The lowest BCUT2D eigenvalue weighted by Crippen LogP contribution is -2.08. The van der Waals surface area contributed by atoms with Crippen molar-refractivity contribution in [1.29, 1.82) is 0 Å². The van der Waals surface area contributed by atoms with Gasteiger partial charge >= 0.3 is 5.97 Å². The third kappa shape index (κ3) is 3.58. The first-order valence-electron chi connectivity index (χ1n) is 13.6. The van der Waals surface area contributed by atoms with Gasteiger partial charge in [0.1, 0.15) is 5.75 Å². The van der Waals surface area contributed by atoms with Crippen molar-refractivity contribution in [3.63, 3.8) is 0 Å². The summed E-state index contributed by atoms with van der Waals surface area (Å²) in [4.78, 5) is 15.5. The zero-order valence-corrected chi connectivity index (χ0v) is 21.5. The Kier molecular flexibility index (Phi) is 5.43. The van der Waals surface area contributed by atoms with Crippen LogP contribution in [-0.2, 0) is 6.54 Å². The Balaban J connectivity index is 1.46. The number of hydrogen-bond donors (Lipinski definition) is 3. The van der Waals surface area contributed by atoms with Crippen molar-refractivity contribution in [3.8, 4) is 28.3 Å². The fourth-order valence-corrected chi connectivity index (χ4v) is 6.65. The third-order valence-corrected chi connectivity index (χ3v) is 8.46. The van der Waals surface area contributed by atoms with Crippen LogP contribution in [0, 0.1) is 0 Å². The molecule has 0 unspecified atom stereocenters. The number of carboxylic acids is 1. The highest BCUT2D eigenvalue weighted by atomic mass is 16.5. The van der Waals surface area contributed by atoms with E-state index in [-0.39, 0.29) is 0 Å². The number of H-pyrrole nitrogens is 1. The number of aromatic carboxylic acids is 1. The van der Waals surface area contributed by atoms with E-state index in [9.17, 15) is 9.90 Å². The number of aromatic amines is 1. The topological polar surface area (TPSA) is 79.3 Å². The molecule has 0 spiro atoms. The van der Waals surface area contributed by atoms with Gasteiger partial charge in [0, 0.05) is 46.2 Å². The van der Waals surface area contributed by atoms with Crippen LogP contribution in [0.2, 0.25) is 0 Å². The Morgan fingerprint density at radius 1 is 0.974 bits per heavy atom. The maximum Gasteiger partial charge on any atom is 0.335 e. The number of aromatic nitrogens is 2. The number of hydrogen-bond acceptors (Lipinski definition) is 3. The number of carbonyl (C=O) groups is 1. The van der Waals surface area contributed by atoms with E-state index >= 15 is 0 Å². The molecule has 6 heteroatoms. The Morgan fingerprint density at radius 3 is 2.55 bits per heavy atom. The molecule has 0 saturated heterocycles. The van der Waals surface area contributed by atoms with Gasteiger partial charge in [0.05, 0.1) is 24.1 Å². The molecular weight excluding hydrogens is 474 g/mol. The van der Waals surface area contributed by atoms with Crippen LogP contribution >= 0.6 is 0 Å². The molecule has 1 aliphatic heterocycles. The SMILES string of the molecule is COc1ccc(-c2cc3c4c(ccc3[nH]2)-c2c(C3CCCCC3)c3ccc(C(=O)O)cc3n2CCN4)cc1. The van der Waals surface area contributed by atoms with E-state index < -0.39 is 5.97 Å². The quantitative estimate of drug-likeness (QED) is 0.235. The Morgan fingerprint density at radius 2 is 1.79 bits per heavy atom. The van der Waals surface area contributed by atoms with Gasteiger partial charge in [0.2, 0.25) is 0 Å². The molecule has 7 rings (SSSR count). The zero-order valence-electron chi connectivity index (χ0n) is 21.5. The molecule has 5 aromatic rings. The molecule has 2 aromatic heterocycles. The minimum absolute atomic E-state index is 0.343. The maximum atomic E-state index is 11.9. The van der Waals surface area contributed by atoms with Gasteiger partial charge in [0.15, 0.2) is 0 Å². The molecule has 3 aromatic carbocycles. The monoisotopic (exact) mass is 505 g/mol. The van der Waals surface area contributed by atoms with E-state index in [0.29, 0.717) is 11.5 Å². The van der Waals surface area contributed by atoms with E-state index in [1.165, 1.54) is 59.7 Å². The highest BCUT2D eigenvalue weighted by molar-refractivity contribution is 6.06. The average Bonchev–Trinajstić information content (AvgIpc) is 3.47. The first-order chi connectivity index (χ1) is 18.6. The van der Waals surface area contributed by atoms with Crippen LogP contribution in [-0.4, -0.2) is 34.3 Å². The molecule has 1 saturated carbocycles. The normalized spacial score (nSPS) is 15.6. The number of benzene rings is 3. The molecular formula is C32H31N3O3. The fraction of sp³-hybridized carbons (Fsp3) is 0.281. The molecule has 0 amide bonds. The van der Waals surface area contributed by atoms with Gasteiger partial charge in [-0.25, -0.2) is 4.79 Å². The van der Waals surface area contributed by atoms with Crippen LogP contribution in [0.5, 0.6) is 5.75 Å². The highest BCUT2D eigenvalue weighted by Gasteiger charge is 2.30. The van der Waals surface area contributed by atoms with Crippen molar-refractivity contribution >= 4 is 33.5 Å². The molecule has 0 atom stereocenters. The lowest BCUT2D eigenvalue weighted by molar-refractivity contribution is 0.0697. The average molecular weight is 506 g/mol. The number of methoxy groups -OCH3 is 1. The molecule has 0 bridgehead atoms. The smallest absolute Gasteiger partial charge is 0.335 e. The molecule has 2 aliphatic rings. The first-order valence-corrected chi connectivity index (χ1v) is 13.6. The summed E-state index contributed by atoms with van der Waals surface area (Å²) < 4.78 is 7.71. The van der Waals surface area contributed by atoms with Crippen LogP contribution in [0.4, 0.5) is 5.69 Å². The Bertz CT molecular complexity index is 1690. The number of ether oxygens (including phenoxy) is 1. The maximum absolute atomic E-state index is 11.9. The second kappa shape index (κ2) is 8.98. The van der Waals surface area contributed by atoms with Crippen molar-refractivity contribution in [2.24, 2.45) is 0 Å². The molecule has 0 radical (unpaired) electrons. The molecule has 1 fully saturated rings.